The Morgan fingerprint density at radius 2 is 2.15 bits per heavy atom. The second kappa shape index (κ2) is 5.69. The van der Waals surface area contributed by atoms with E-state index < -0.39 is 0 Å². The van der Waals surface area contributed by atoms with E-state index in [0.29, 0.717) is 11.9 Å². The fourth-order valence-electron chi connectivity index (χ4n) is 2.38. The van der Waals surface area contributed by atoms with Gasteiger partial charge in [0, 0.05) is 24.8 Å². The van der Waals surface area contributed by atoms with Crippen LogP contribution in [0.3, 0.4) is 0 Å². The van der Waals surface area contributed by atoms with E-state index in [2.05, 4.69) is 32.2 Å². The highest BCUT2D eigenvalue weighted by Gasteiger charge is 2.18. The summed E-state index contributed by atoms with van der Waals surface area (Å²) < 4.78 is 14.0. The van der Waals surface area contributed by atoms with E-state index in [9.17, 15) is 0 Å². The fourth-order valence-corrected chi connectivity index (χ4v) is 2.80. The van der Waals surface area contributed by atoms with Gasteiger partial charge in [0.2, 0.25) is 5.88 Å². The van der Waals surface area contributed by atoms with Crippen molar-refractivity contribution in [3.05, 3.63) is 16.7 Å². The van der Waals surface area contributed by atoms with Gasteiger partial charge in [-0.1, -0.05) is 0 Å². The van der Waals surface area contributed by atoms with E-state index in [1.807, 2.05) is 24.6 Å². The summed E-state index contributed by atoms with van der Waals surface area (Å²) in [4.78, 5) is 4.50. The molecule has 0 radical (unpaired) electrons. The van der Waals surface area contributed by atoms with Crippen LogP contribution in [0.1, 0.15) is 32.7 Å². The predicted octanol–water partition coefficient (Wildman–Crippen LogP) is 3.33. The van der Waals surface area contributed by atoms with Crippen LogP contribution in [0.5, 0.6) is 5.88 Å². The molecule has 0 atom stereocenters. The molecule has 20 heavy (non-hydrogen) atoms. The molecule has 1 saturated heterocycles. The highest BCUT2D eigenvalue weighted by atomic mass is 79.9. The third kappa shape index (κ3) is 2.81. The van der Waals surface area contributed by atoms with Crippen LogP contribution in [0.15, 0.2) is 16.7 Å². The van der Waals surface area contributed by atoms with E-state index in [-0.39, 0.29) is 6.10 Å². The van der Waals surface area contributed by atoms with Crippen molar-refractivity contribution in [1.82, 2.24) is 14.8 Å². The van der Waals surface area contributed by atoms with Gasteiger partial charge in [0.15, 0.2) is 5.65 Å². The van der Waals surface area contributed by atoms with Gasteiger partial charge in [-0.05, 0) is 48.7 Å². The first-order chi connectivity index (χ1) is 9.63. The minimum Gasteiger partial charge on any atom is -0.474 e. The molecule has 0 aromatic carbocycles. The standard InChI is InChI=1S/C14H18BrN3O2/c1-9(2)20-14-12(15)7-10-8-18(17-13(10)16-14)11-3-5-19-6-4-11/h7-9,11H,3-6H2,1-2H3. The number of rotatable bonds is 3. The molecule has 0 bridgehead atoms. The first-order valence-electron chi connectivity index (χ1n) is 6.93. The molecule has 0 amide bonds. The molecule has 0 N–H and O–H groups in total. The molecule has 2 aromatic heterocycles. The van der Waals surface area contributed by atoms with Crippen molar-refractivity contribution < 1.29 is 9.47 Å². The monoisotopic (exact) mass is 339 g/mol. The molecule has 1 aliphatic rings. The Kier molecular flexibility index (Phi) is 3.94. The molecular weight excluding hydrogens is 322 g/mol. The Balaban J connectivity index is 1.93. The van der Waals surface area contributed by atoms with Crippen molar-refractivity contribution >= 4 is 27.0 Å². The molecule has 0 unspecified atom stereocenters. The smallest absolute Gasteiger partial charge is 0.230 e. The van der Waals surface area contributed by atoms with Crippen LogP contribution in [0.25, 0.3) is 11.0 Å². The molecular formula is C14H18BrN3O2. The Morgan fingerprint density at radius 1 is 1.40 bits per heavy atom. The van der Waals surface area contributed by atoms with Crippen LogP contribution in [0, 0.1) is 0 Å². The summed E-state index contributed by atoms with van der Waals surface area (Å²) in [6.45, 7) is 5.58. The number of fused-ring (bicyclic) bond motifs is 1. The highest BCUT2D eigenvalue weighted by Crippen LogP contribution is 2.29. The lowest BCUT2D eigenvalue weighted by Crippen LogP contribution is -2.19. The first-order valence-corrected chi connectivity index (χ1v) is 7.72. The van der Waals surface area contributed by atoms with Gasteiger partial charge in [-0.15, -0.1) is 0 Å². The first kappa shape index (κ1) is 13.8. The number of hydrogen-bond acceptors (Lipinski definition) is 4. The van der Waals surface area contributed by atoms with Crippen molar-refractivity contribution in [3.8, 4) is 5.88 Å². The zero-order valence-corrected chi connectivity index (χ0v) is 13.3. The highest BCUT2D eigenvalue weighted by molar-refractivity contribution is 9.10. The van der Waals surface area contributed by atoms with E-state index in [1.165, 1.54) is 0 Å². The molecule has 1 fully saturated rings. The summed E-state index contributed by atoms with van der Waals surface area (Å²) in [5.41, 5.74) is 0.732. The lowest BCUT2D eigenvalue weighted by molar-refractivity contribution is 0.0664. The molecule has 3 heterocycles. The molecule has 1 aliphatic heterocycles. The van der Waals surface area contributed by atoms with Gasteiger partial charge in [-0.2, -0.15) is 10.1 Å². The zero-order valence-electron chi connectivity index (χ0n) is 11.7. The molecule has 5 nitrogen and oxygen atoms in total. The molecule has 0 spiro atoms. The maximum absolute atomic E-state index is 5.68. The van der Waals surface area contributed by atoms with Crippen molar-refractivity contribution in [1.29, 1.82) is 0 Å². The quantitative estimate of drug-likeness (QED) is 0.860. The van der Waals surface area contributed by atoms with Crippen LogP contribution in [-0.4, -0.2) is 34.1 Å². The molecule has 3 rings (SSSR count). The van der Waals surface area contributed by atoms with Crippen LogP contribution >= 0.6 is 15.9 Å². The minimum absolute atomic E-state index is 0.0915. The van der Waals surface area contributed by atoms with Crippen molar-refractivity contribution in [3.63, 3.8) is 0 Å². The average molecular weight is 340 g/mol. The maximum atomic E-state index is 5.68. The number of aromatic nitrogens is 3. The minimum atomic E-state index is 0.0915. The van der Waals surface area contributed by atoms with Gasteiger partial charge < -0.3 is 9.47 Å². The van der Waals surface area contributed by atoms with Gasteiger partial charge in [0.05, 0.1) is 16.6 Å². The van der Waals surface area contributed by atoms with Crippen molar-refractivity contribution in [2.75, 3.05) is 13.2 Å². The van der Waals surface area contributed by atoms with Crippen LogP contribution in [0.4, 0.5) is 0 Å². The summed E-state index contributed by atoms with van der Waals surface area (Å²) >= 11 is 3.51. The van der Waals surface area contributed by atoms with Gasteiger partial charge >= 0.3 is 0 Å². The molecule has 0 saturated carbocycles. The predicted molar refractivity (Wildman–Crippen MR) is 80.1 cm³/mol. The van der Waals surface area contributed by atoms with Gasteiger partial charge in [-0.3, -0.25) is 4.68 Å². The third-order valence-corrected chi connectivity index (χ3v) is 3.91. The normalized spacial score (nSPS) is 17.0. The molecule has 2 aromatic rings. The fraction of sp³-hybridized carbons (Fsp3) is 0.571. The van der Waals surface area contributed by atoms with Crippen molar-refractivity contribution in [2.45, 2.75) is 38.8 Å². The van der Waals surface area contributed by atoms with Gasteiger partial charge in [0.1, 0.15) is 0 Å². The second-order valence-electron chi connectivity index (χ2n) is 5.31. The summed E-state index contributed by atoms with van der Waals surface area (Å²) in [5.74, 6) is 0.602. The van der Waals surface area contributed by atoms with Crippen LogP contribution < -0.4 is 4.74 Å². The van der Waals surface area contributed by atoms with Crippen molar-refractivity contribution in [2.24, 2.45) is 0 Å². The van der Waals surface area contributed by atoms with Gasteiger partial charge in [0.25, 0.3) is 0 Å². The van der Waals surface area contributed by atoms with E-state index in [1.54, 1.807) is 0 Å². The Bertz CT molecular complexity index is 606. The summed E-state index contributed by atoms with van der Waals surface area (Å²) in [7, 11) is 0. The van der Waals surface area contributed by atoms with E-state index in [0.717, 1.165) is 41.6 Å². The number of halogens is 1. The number of pyridine rings is 1. The molecule has 108 valence electrons. The Morgan fingerprint density at radius 3 is 2.85 bits per heavy atom. The average Bonchev–Trinajstić information content (AvgIpc) is 2.82. The summed E-state index contributed by atoms with van der Waals surface area (Å²) in [6, 6.07) is 2.43. The number of nitrogens with zero attached hydrogens (tertiary/aromatic N) is 3. The molecule has 0 aliphatic carbocycles. The lowest BCUT2D eigenvalue weighted by Gasteiger charge is -2.21. The summed E-state index contributed by atoms with van der Waals surface area (Å²) in [5, 5.41) is 5.62. The number of hydrogen-bond donors (Lipinski definition) is 0. The Labute approximate surface area is 126 Å². The third-order valence-electron chi connectivity index (χ3n) is 3.35. The van der Waals surface area contributed by atoms with Crippen LogP contribution in [0.2, 0.25) is 0 Å². The largest absolute Gasteiger partial charge is 0.474 e. The topological polar surface area (TPSA) is 49.2 Å². The maximum Gasteiger partial charge on any atom is 0.230 e. The van der Waals surface area contributed by atoms with Gasteiger partial charge in [-0.25, -0.2) is 0 Å². The van der Waals surface area contributed by atoms with E-state index >= 15 is 0 Å². The number of ether oxygens (including phenoxy) is 2. The molecule has 6 heteroatoms. The van der Waals surface area contributed by atoms with E-state index in [4.69, 9.17) is 9.47 Å². The Hall–Kier alpha value is -1.14. The second-order valence-corrected chi connectivity index (χ2v) is 6.16. The van der Waals surface area contributed by atoms with Crippen LogP contribution in [-0.2, 0) is 4.74 Å². The lowest BCUT2D eigenvalue weighted by atomic mass is 10.1. The SMILES string of the molecule is CC(C)Oc1nc2nn(C3CCOCC3)cc2cc1Br. The summed E-state index contributed by atoms with van der Waals surface area (Å²) in [6.07, 6.45) is 4.16. The zero-order chi connectivity index (χ0) is 14.1.